The summed E-state index contributed by atoms with van der Waals surface area (Å²) in [7, 11) is 0. The van der Waals surface area contributed by atoms with Gasteiger partial charge in [0.2, 0.25) is 0 Å². The molecule has 0 aliphatic heterocycles. The number of rotatable bonds is 1. The second-order valence-corrected chi connectivity index (χ2v) is 4.48. The summed E-state index contributed by atoms with van der Waals surface area (Å²) < 4.78 is 40.0. The highest BCUT2D eigenvalue weighted by atomic mass is 32.1. The van der Waals surface area contributed by atoms with Gasteiger partial charge in [-0.05, 0) is 12.2 Å². The van der Waals surface area contributed by atoms with E-state index in [4.69, 9.17) is 17.3 Å². The van der Waals surface area contributed by atoms with E-state index in [2.05, 4.69) is 4.98 Å². The minimum Gasteiger partial charge on any atom is -0.391 e. The molecule has 2 aromatic rings. The third kappa shape index (κ3) is 1.47. The number of aliphatic hydroxyl groups is 1. The van der Waals surface area contributed by atoms with Crippen molar-refractivity contribution in [2.24, 2.45) is 0 Å². The molecule has 0 aliphatic carbocycles. The van der Waals surface area contributed by atoms with Crippen molar-refractivity contribution in [2.75, 3.05) is 0 Å². The molecule has 2 rings (SSSR count). The molecule has 1 aromatic carbocycles. The number of nitrogens with one attached hydrogen (secondary N) is 1. The van der Waals surface area contributed by atoms with E-state index in [-0.39, 0.29) is 14.2 Å². The van der Waals surface area contributed by atoms with Gasteiger partial charge in [0.25, 0.3) is 0 Å². The van der Waals surface area contributed by atoms with Crippen molar-refractivity contribution in [3.63, 3.8) is 0 Å². The second-order valence-electron chi connectivity index (χ2n) is 2.80. The molecule has 1 heterocycles. The van der Waals surface area contributed by atoms with Crippen LogP contribution in [0.15, 0.2) is 0 Å². The van der Waals surface area contributed by atoms with Crippen molar-refractivity contribution in [1.82, 2.24) is 4.98 Å². The van der Waals surface area contributed by atoms with Crippen LogP contribution in [0, 0.1) is 21.4 Å². The molecule has 80 valence electrons. The van der Waals surface area contributed by atoms with Crippen LogP contribution in [-0.4, -0.2) is 10.1 Å². The summed E-state index contributed by atoms with van der Waals surface area (Å²) in [4.78, 5) is 2.36. The highest BCUT2D eigenvalue weighted by Crippen LogP contribution is 2.30. The monoisotopic (exact) mass is 251 g/mol. The molecule has 2 N–H and O–H groups in total. The van der Waals surface area contributed by atoms with Gasteiger partial charge in [0, 0.05) is 0 Å². The van der Waals surface area contributed by atoms with Crippen molar-refractivity contribution >= 4 is 33.8 Å². The van der Waals surface area contributed by atoms with Gasteiger partial charge in [-0.25, -0.2) is 13.2 Å². The number of hydrogen-bond donors (Lipinski definition) is 2. The predicted molar refractivity (Wildman–Crippen MR) is 52.8 cm³/mol. The standard InChI is InChI=1S/C8H4F3NOS2/c9-3-2(1-13)4(10)7-6(5(3)11)12-8(14)15-7/h13H,1H2,(H,12,14). The van der Waals surface area contributed by atoms with Crippen molar-refractivity contribution in [3.8, 4) is 0 Å². The van der Waals surface area contributed by atoms with E-state index >= 15 is 0 Å². The van der Waals surface area contributed by atoms with Crippen LogP contribution in [0.4, 0.5) is 13.2 Å². The number of aliphatic hydroxyl groups excluding tert-OH is 1. The summed E-state index contributed by atoms with van der Waals surface area (Å²) in [5.74, 6) is -3.57. The van der Waals surface area contributed by atoms with Gasteiger partial charge in [0.05, 0.1) is 22.4 Å². The van der Waals surface area contributed by atoms with Crippen LogP contribution in [0.5, 0.6) is 0 Å². The molecule has 0 saturated heterocycles. The minimum atomic E-state index is -1.38. The normalized spacial score (nSPS) is 11.2. The van der Waals surface area contributed by atoms with Gasteiger partial charge in [0.1, 0.15) is 0 Å². The first-order chi connectivity index (χ1) is 7.06. The van der Waals surface area contributed by atoms with Crippen molar-refractivity contribution in [3.05, 3.63) is 27.0 Å². The third-order valence-electron chi connectivity index (χ3n) is 1.95. The maximum absolute atomic E-state index is 13.5. The first-order valence-corrected chi connectivity index (χ1v) is 5.07. The molecule has 2 nitrogen and oxygen atoms in total. The Labute approximate surface area is 91.0 Å². The van der Waals surface area contributed by atoms with Gasteiger partial charge in [-0.2, -0.15) is 0 Å². The Kier molecular flexibility index (Phi) is 2.53. The van der Waals surface area contributed by atoms with Crippen molar-refractivity contribution in [2.45, 2.75) is 6.61 Å². The molecule has 0 bridgehead atoms. The number of halogens is 3. The van der Waals surface area contributed by atoms with Gasteiger partial charge in [-0.15, -0.1) is 11.3 Å². The van der Waals surface area contributed by atoms with Gasteiger partial charge in [-0.1, -0.05) is 0 Å². The van der Waals surface area contributed by atoms with E-state index in [1.165, 1.54) is 0 Å². The minimum absolute atomic E-state index is 0.108. The number of fused-ring (bicyclic) bond motifs is 1. The molecule has 7 heteroatoms. The summed E-state index contributed by atoms with van der Waals surface area (Å²) in [6.07, 6.45) is 0. The molecule has 15 heavy (non-hydrogen) atoms. The molecular formula is C8H4F3NOS2. The Hall–Kier alpha value is -0.920. The van der Waals surface area contributed by atoms with Gasteiger partial charge < -0.3 is 10.1 Å². The van der Waals surface area contributed by atoms with Crippen LogP contribution in [0.3, 0.4) is 0 Å². The number of aromatic nitrogens is 1. The predicted octanol–water partition coefficient (Wildman–Crippen LogP) is 2.87. The largest absolute Gasteiger partial charge is 0.391 e. The van der Waals surface area contributed by atoms with E-state index in [9.17, 15) is 13.2 Å². The van der Waals surface area contributed by atoms with E-state index in [0.29, 0.717) is 0 Å². The maximum Gasteiger partial charge on any atom is 0.184 e. The lowest BCUT2D eigenvalue weighted by Gasteiger charge is -2.03. The summed E-state index contributed by atoms with van der Waals surface area (Å²) in [6, 6.07) is 0. The fraction of sp³-hybridized carbons (Fsp3) is 0.125. The van der Waals surface area contributed by atoms with Crippen LogP contribution < -0.4 is 0 Å². The first-order valence-electron chi connectivity index (χ1n) is 3.85. The van der Waals surface area contributed by atoms with E-state index in [0.717, 1.165) is 11.3 Å². The van der Waals surface area contributed by atoms with E-state index < -0.39 is 29.6 Å². The zero-order valence-electron chi connectivity index (χ0n) is 7.10. The number of hydrogen-bond acceptors (Lipinski definition) is 3. The van der Waals surface area contributed by atoms with Gasteiger partial charge >= 0.3 is 0 Å². The molecular weight excluding hydrogens is 247 g/mol. The molecule has 0 unspecified atom stereocenters. The average Bonchev–Trinajstić information content (AvgIpc) is 2.58. The van der Waals surface area contributed by atoms with E-state index in [1.54, 1.807) is 0 Å². The molecule has 0 saturated carbocycles. The smallest absolute Gasteiger partial charge is 0.184 e. The first kappa shape index (κ1) is 10.6. The van der Waals surface area contributed by atoms with Crippen LogP contribution in [0.25, 0.3) is 10.2 Å². The fourth-order valence-electron chi connectivity index (χ4n) is 1.25. The topological polar surface area (TPSA) is 36.0 Å². The lowest BCUT2D eigenvalue weighted by molar-refractivity contribution is 0.267. The number of thiazole rings is 1. The fourth-order valence-corrected chi connectivity index (χ4v) is 2.40. The second kappa shape index (κ2) is 3.58. The summed E-state index contributed by atoms with van der Waals surface area (Å²) >= 11 is 5.50. The van der Waals surface area contributed by atoms with Crippen LogP contribution in [0.2, 0.25) is 0 Å². The highest BCUT2D eigenvalue weighted by molar-refractivity contribution is 7.73. The number of aromatic amines is 1. The lowest BCUT2D eigenvalue weighted by Crippen LogP contribution is -2.00. The Balaban J connectivity index is 3.01. The Bertz CT molecular complexity index is 590. The molecule has 0 spiro atoms. The molecule has 0 radical (unpaired) electrons. The van der Waals surface area contributed by atoms with Crippen molar-refractivity contribution in [1.29, 1.82) is 0 Å². The zero-order chi connectivity index (χ0) is 11.2. The molecule has 0 amide bonds. The third-order valence-corrected chi connectivity index (χ3v) is 3.18. The molecule has 0 fully saturated rings. The number of benzene rings is 1. The van der Waals surface area contributed by atoms with Crippen LogP contribution >= 0.6 is 23.6 Å². The quantitative estimate of drug-likeness (QED) is 0.604. The van der Waals surface area contributed by atoms with Gasteiger partial charge in [-0.3, -0.25) is 0 Å². The summed E-state index contributed by atoms with van der Waals surface area (Å²) in [5.41, 5.74) is -0.970. The van der Waals surface area contributed by atoms with Crippen LogP contribution in [0.1, 0.15) is 5.56 Å². The Morgan fingerprint density at radius 2 is 1.87 bits per heavy atom. The SMILES string of the molecule is OCc1c(F)c(F)c2[nH]c(=S)sc2c1F. The Morgan fingerprint density at radius 1 is 1.20 bits per heavy atom. The lowest BCUT2D eigenvalue weighted by atomic mass is 10.2. The molecule has 1 aromatic heterocycles. The van der Waals surface area contributed by atoms with E-state index in [1.807, 2.05) is 0 Å². The molecule has 0 atom stereocenters. The number of H-pyrrole nitrogens is 1. The average molecular weight is 251 g/mol. The Morgan fingerprint density at radius 3 is 2.47 bits per heavy atom. The van der Waals surface area contributed by atoms with Gasteiger partial charge in [0.15, 0.2) is 21.4 Å². The highest BCUT2D eigenvalue weighted by Gasteiger charge is 2.21. The summed E-state index contributed by atoms with van der Waals surface area (Å²) in [6.45, 7) is -0.894. The van der Waals surface area contributed by atoms with Crippen LogP contribution in [-0.2, 0) is 6.61 Å². The maximum atomic E-state index is 13.5. The molecule has 0 aliphatic rings. The zero-order valence-corrected chi connectivity index (χ0v) is 8.74. The van der Waals surface area contributed by atoms with Crippen molar-refractivity contribution < 1.29 is 18.3 Å². The summed E-state index contributed by atoms with van der Waals surface area (Å²) in [5, 5.41) is 8.71.